The minimum absolute atomic E-state index is 0.158. The molecule has 252 valence electrons. The molecule has 1 aromatic carbocycles. The first-order chi connectivity index (χ1) is 21.6. The van der Waals surface area contributed by atoms with Gasteiger partial charge < -0.3 is 38.2 Å². The van der Waals surface area contributed by atoms with E-state index < -0.39 is 17.6 Å². The maximum Gasteiger partial charge on any atom is 0.410 e. The summed E-state index contributed by atoms with van der Waals surface area (Å²) in [6.07, 6.45) is 1.77. The topological polar surface area (TPSA) is 142 Å². The van der Waals surface area contributed by atoms with Crippen molar-refractivity contribution in [2.45, 2.75) is 64.6 Å². The first-order valence-electron chi connectivity index (χ1n) is 15.6. The molecule has 4 amide bonds. The molecule has 13 nitrogen and oxygen atoms in total. The van der Waals surface area contributed by atoms with E-state index in [0.29, 0.717) is 91.1 Å². The summed E-state index contributed by atoms with van der Waals surface area (Å²) in [6.45, 7) is 10.9. The van der Waals surface area contributed by atoms with Crippen LogP contribution in [0.4, 0.5) is 4.79 Å². The molecule has 13 heteroatoms. The smallest absolute Gasteiger partial charge is 0.410 e. The average Bonchev–Trinajstić information content (AvgIpc) is 3.32. The van der Waals surface area contributed by atoms with E-state index >= 15 is 0 Å². The lowest BCUT2D eigenvalue weighted by molar-refractivity contribution is -0.136. The molecule has 0 bridgehead atoms. The molecule has 1 saturated heterocycles. The molecule has 2 aliphatic heterocycles. The van der Waals surface area contributed by atoms with Gasteiger partial charge >= 0.3 is 6.09 Å². The fraction of sp³-hybridized carbons (Fsp3) is 0.688. The van der Waals surface area contributed by atoms with Crippen LogP contribution in [-0.4, -0.2) is 125 Å². The third-order valence-corrected chi connectivity index (χ3v) is 7.18. The molecule has 1 atom stereocenters. The first-order valence-corrected chi connectivity index (χ1v) is 15.6. The van der Waals surface area contributed by atoms with E-state index in [2.05, 4.69) is 5.32 Å². The second-order valence-electron chi connectivity index (χ2n) is 11.9. The van der Waals surface area contributed by atoms with Crippen molar-refractivity contribution < 1.29 is 47.6 Å². The lowest BCUT2D eigenvalue weighted by Gasteiger charge is -2.29. The highest BCUT2D eigenvalue weighted by molar-refractivity contribution is 6.05. The van der Waals surface area contributed by atoms with E-state index in [-0.39, 0.29) is 24.3 Å². The highest BCUT2D eigenvalue weighted by Crippen LogP contribution is 2.30. The van der Waals surface area contributed by atoms with Crippen LogP contribution in [0.5, 0.6) is 0 Å². The zero-order valence-electron chi connectivity index (χ0n) is 27.1. The van der Waals surface area contributed by atoms with Crippen LogP contribution < -0.4 is 5.32 Å². The average molecular weight is 636 g/mol. The summed E-state index contributed by atoms with van der Waals surface area (Å²) >= 11 is 0. The van der Waals surface area contributed by atoms with Gasteiger partial charge in [-0.05, 0) is 57.2 Å². The van der Waals surface area contributed by atoms with Gasteiger partial charge in [0.2, 0.25) is 11.8 Å². The quantitative estimate of drug-likeness (QED) is 0.168. The lowest BCUT2D eigenvalue weighted by Crippen LogP contribution is -2.52. The van der Waals surface area contributed by atoms with Crippen molar-refractivity contribution in [3.8, 4) is 0 Å². The molecule has 2 heterocycles. The van der Waals surface area contributed by atoms with Crippen LogP contribution in [0.15, 0.2) is 18.2 Å². The Bertz CT molecular complexity index is 1120. The second kappa shape index (κ2) is 18.8. The van der Waals surface area contributed by atoms with Crippen LogP contribution in [0.2, 0.25) is 0 Å². The standard InChI is InChI=1S/C32H49N3O10/c1-32(2,3)45-31(39)34(4)12-14-41-16-18-43-20-22-44-21-19-42-17-15-40-13-6-8-24-7-5-9-25-26(24)23-35(30(25)38)27-10-11-28(36)33-29(27)37/h5,7,9,27H,6,8,10-23H2,1-4H3,(H,33,36,37). The van der Waals surface area contributed by atoms with E-state index in [1.807, 2.05) is 32.9 Å². The Morgan fingerprint density at radius 2 is 1.47 bits per heavy atom. The zero-order chi connectivity index (χ0) is 32.7. The molecule has 2 aliphatic rings. The normalized spacial score (nSPS) is 16.6. The molecular formula is C32H49N3O10. The van der Waals surface area contributed by atoms with Crippen molar-refractivity contribution in [3.05, 3.63) is 34.9 Å². The molecule has 0 radical (unpaired) electrons. The maximum absolute atomic E-state index is 13.0. The number of nitrogens with zero attached hydrogens (tertiary/aromatic N) is 2. The Balaban J connectivity index is 1.12. The molecule has 0 spiro atoms. The number of hydrogen-bond acceptors (Lipinski definition) is 10. The van der Waals surface area contributed by atoms with Crippen molar-refractivity contribution in [1.29, 1.82) is 0 Å². The largest absolute Gasteiger partial charge is 0.444 e. The van der Waals surface area contributed by atoms with E-state index in [9.17, 15) is 19.2 Å². The van der Waals surface area contributed by atoms with Crippen LogP contribution in [0.1, 0.15) is 61.5 Å². The molecule has 1 N–H and O–H groups in total. The number of amides is 4. The number of benzene rings is 1. The fourth-order valence-corrected chi connectivity index (χ4v) is 4.86. The van der Waals surface area contributed by atoms with Crippen molar-refractivity contribution in [2.24, 2.45) is 0 Å². The van der Waals surface area contributed by atoms with E-state index in [0.717, 1.165) is 24.0 Å². The number of hydrogen-bond donors (Lipinski definition) is 1. The predicted molar refractivity (Wildman–Crippen MR) is 164 cm³/mol. The Morgan fingerprint density at radius 3 is 2.04 bits per heavy atom. The van der Waals surface area contributed by atoms with E-state index in [1.54, 1.807) is 18.0 Å². The highest BCUT2D eigenvalue weighted by Gasteiger charge is 2.39. The number of piperidine rings is 1. The lowest BCUT2D eigenvalue weighted by atomic mass is 10.00. The fourth-order valence-electron chi connectivity index (χ4n) is 4.86. The van der Waals surface area contributed by atoms with Crippen LogP contribution in [0.25, 0.3) is 0 Å². The summed E-state index contributed by atoms with van der Waals surface area (Å²) in [4.78, 5) is 51.7. The molecule has 0 saturated carbocycles. The van der Waals surface area contributed by atoms with Gasteiger partial charge in [0.25, 0.3) is 5.91 Å². The van der Waals surface area contributed by atoms with Crippen molar-refractivity contribution in [1.82, 2.24) is 15.1 Å². The van der Waals surface area contributed by atoms with Gasteiger partial charge in [-0.2, -0.15) is 0 Å². The van der Waals surface area contributed by atoms with Gasteiger partial charge in [-0.3, -0.25) is 19.7 Å². The van der Waals surface area contributed by atoms with Gasteiger partial charge in [-0.1, -0.05) is 12.1 Å². The van der Waals surface area contributed by atoms with Gasteiger partial charge in [-0.15, -0.1) is 0 Å². The molecule has 0 aromatic heterocycles. The van der Waals surface area contributed by atoms with Gasteiger partial charge in [0.05, 0.1) is 59.5 Å². The Hall–Kier alpha value is -3.10. The Morgan fingerprint density at radius 1 is 0.889 bits per heavy atom. The Kier molecular flexibility index (Phi) is 15.2. The summed E-state index contributed by atoms with van der Waals surface area (Å²) < 4.78 is 33.0. The molecule has 0 aliphatic carbocycles. The van der Waals surface area contributed by atoms with E-state index in [4.69, 9.17) is 28.4 Å². The van der Waals surface area contributed by atoms with Crippen molar-refractivity contribution >= 4 is 23.8 Å². The summed E-state index contributed by atoms with van der Waals surface area (Å²) in [5.74, 6) is -0.851. The number of nitrogens with one attached hydrogen (secondary N) is 1. The van der Waals surface area contributed by atoms with Gasteiger partial charge in [0.15, 0.2) is 0 Å². The molecular weight excluding hydrogens is 586 g/mol. The summed E-state index contributed by atoms with van der Waals surface area (Å²) in [5.41, 5.74) is 2.14. The first kappa shape index (κ1) is 36.4. The zero-order valence-corrected chi connectivity index (χ0v) is 27.1. The van der Waals surface area contributed by atoms with Crippen LogP contribution >= 0.6 is 0 Å². The molecule has 1 fully saturated rings. The predicted octanol–water partition coefficient (Wildman–Crippen LogP) is 2.33. The number of aryl methyl sites for hydroxylation is 1. The third kappa shape index (κ3) is 12.7. The van der Waals surface area contributed by atoms with Gasteiger partial charge in [-0.25, -0.2) is 4.79 Å². The number of likely N-dealkylation sites (N-methyl/N-ethyl adjacent to an activating group) is 1. The molecule has 45 heavy (non-hydrogen) atoms. The summed E-state index contributed by atoms with van der Waals surface area (Å²) in [7, 11) is 1.67. The minimum atomic E-state index is -0.610. The van der Waals surface area contributed by atoms with Gasteiger partial charge in [0, 0.05) is 38.7 Å². The third-order valence-electron chi connectivity index (χ3n) is 7.18. The second-order valence-corrected chi connectivity index (χ2v) is 11.9. The molecule has 1 unspecified atom stereocenters. The summed E-state index contributed by atoms with van der Waals surface area (Å²) in [5, 5.41) is 2.34. The summed E-state index contributed by atoms with van der Waals surface area (Å²) in [6, 6.07) is 5.07. The number of carbonyl (C=O) groups is 4. The SMILES string of the molecule is CN(CCOCCOCCOCCOCCOCCCc1cccc2c1CN(C1CCC(=O)NC1=O)C2=O)C(=O)OC(C)(C)C. The van der Waals surface area contributed by atoms with Crippen LogP contribution in [0.3, 0.4) is 0 Å². The highest BCUT2D eigenvalue weighted by atomic mass is 16.6. The number of rotatable bonds is 20. The van der Waals surface area contributed by atoms with Crippen LogP contribution in [0, 0.1) is 0 Å². The number of imide groups is 1. The monoisotopic (exact) mass is 635 g/mol. The number of fused-ring (bicyclic) bond motifs is 1. The van der Waals surface area contributed by atoms with Crippen molar-refractivity contribution in [2.75, 3.05) is 79.7 Å². The van der Waals surface area contributed by atoms with Gasteiger partial charge in [0.1, 0.15) is 11.6 Å². The minimum Gasteiger partial charge on any atom is -0.444 e. The molecule has 3 rings (SSSR count). The number of ether oxygens (including phenoxy) is 6. The molecule has 1 aromatic rings. The number of carbonyl (C=O) groups excluding carboxylic acids is 4. The van der Waals surface area contributed by atoms with Crippen LogP contribution in [-0.2, 0) is 51.0 Å². The maximum atomic E-state index is 13.0. The van der Waals surface area contributed by atoms with Crippen molar-refractivity contribution in [3.63, 3.8) is 0 Å². The Labute approximate surface area is 265 Å². The van der Waals surface area contributed by atoms with E-state index in [1.165, 1.54) is 4.90 Å².